The first-order valence-electron chi connectivity index (χ1n) is 10.4. The molecule has 0 fully saturated rings. The van der Waals surface area contributed by atoms with E-state index in [2.05, 4.69) is 43.4 Å². The number of rotatable bonds is 6. The molecule has 0 radical (unpaired) electrons. The van der Waals surface area contributed by atoms with Gasteiger partial charge in [-0.3, -0.25) is 0 Å². The molecule has 4 heteroatoms. The Bertz CT molecular complexity index is 1240. The lowest BCUT2D eigenvalue weighted by Crippen LogP contribution is -1.99. The number of aryl methyl sites for hydroxylation is 2. The van der Waals surface area contributed by atoms with Crippen LogP contribution in [0.4, 0.5) is 11.4 Å². The molecule has 31 heavy (non-hydrogen) atoms. The first kappa shape index (κ1) is 20.5. The van der Waals surface area contributed by atoms with Crippen LogP contribution in [0, 0.1) is 13.8 Å². The number of carbonyl (C=O) groups is 1. The zero-order valence-corrected chi connectivity index (χ0v) is 17.9. The molecule has 0 amide bonds. The fraction of sp³-hybridized carbons (Fsp3) is 0.148. The number of nitrogens with one attached hydrogen (secondary N) is 1. The van der Waals surface area contributed by atoms with Gasteiger partial charge in [0.05, 0.1) is 17.7 Å². The Morgan fingerprint density at radius 1 is 1.00 bits per heavy atom. The number of benzene rings is 3. The molecule has 0 aliphatic rings. The zero-order valence-electron chi connectivity index (χ0n) is 17.9. The van der Waals surface area contributed by atoms with Crippen molar-refractivity contribution >= 4 is 34.4 Å². The summed E-state index contributed by atoms with van der Waals surface area (Å²) in [5.74, 6) is 0.338. The fourth-order valence-corrected chi connectivity index (χ4v) is 3.57. The van der Waals surface area contributed by atoms with Crippen LogP contribution in [0.3, 0.4) is 0 Å². The summed E-state index contributed by atoms with van der Waals surface area (Å²) < 4.78 is 11.4. The van der Waals surface area contributed by atoms with E-state index in [-0.39, 0.29) is 5.97 Å². The van der Waals surface area contributed by atoms with E-state index in [1.54, 1.807) is 13.0 Å². The van der Waals surface area contributed by atoms with Crippen LogP contribution >= 0.6 is 0 Å². The summed E-state index contributed by atoms with van der Waals surface area (Å²) in [4.78, 5) is 12.0. The lowest BCUT2D eigenvalue weighted by atomic mass is 10.0. The molecule has 4 rings (SSSR count). The minimum absolute atomic E-state index is 0.334. The van der Waals surface area contributed by atoms with E-state index in [1.165, 1.54) is 11.6 Å². The summed E-state index contributed by atoms with van der Waals surface area (Å²) >= 11 is 0. The molecule has 0 spiro atoms. The highest BCUT2D eigenvalue weighted by Gasteiger charge is 2.19. The van der Waals surface area contributed by atoms with Gasteiger partial charge < -0.3 is 14.5 Å². The third kappa shape index (κ3) is 4.38. The molecule has 0 aliphatic heterocycles. The predicted octanol–water partition coefficient (Wildman–Crippen LogP) is 7.04. The lowest BCUT2D eigenvalue weighted by Gasteiger charge is -2.12. The Hall–Kier alpha value is -3.79. The summed E-state index contributed by atoms with van der Waals surface area (Å²) in [6.07, 6.45) is 3.24. The second kappa shape index (κ2) is 8.92. The maximum absolute atomic E-state index is 12.0. The van der Waals surface area contributed by atoms with Crippen molar-refractivity contribution in [2.24, 2.45) is 0 Å². The monoisotopic (exact) mass is 411 g/mol. The summed E-state index contributed by atoms with van der Waals surface area (Å²) in [6, 6.07) is 22.2. The largest absolute Gasteiger partial charge is 0.463 e. The van der Waals surface area contributed by atoms with Gasteiger partial charge in [-0.05, 0) is 50.6 Å². The van der Waals surface area contributed by atoms with Gasteiger partial charge in [0.2, 0.25) is 0 Å². The smallest absolute Gasteiger partial charge is 0.330 e. The number of hydrogen-bond acceptors (Lipinski definition) is 4. The number of hydrogen-bond donors (Lipinski definition) is 1. The van der Waals surface area contributed by atoms with Crippen LogP contribution in [0.25, 0.3) is 28.4 Å². The molecule has 0 saturated heterocycles. The third-order valence-corrected chi connectivity index (χ3v) is 5.13. The van der Waals surface area contributed by atoms with Gasteiger partial charge >= 0.3 is 5.97 Å². The van der Waals surface area contributed by atoms with Crippen LogP contribution in [0.15, 0.2) is 77.2 Å². The van der Waals surface area contributed by atoms with Crippen molar-refractivity contribution in [3.8, 4) is 11.3 Å². The summed E-state index contributed by atoms with van der Waals surface area (Å²) in [6.45, 7) is 6.25. The molecule has 4 nitrogen and oxygen atoms in total. The highest BCUT2D eigenvalue weighted by molar-refractivity contribution is 6.05. The summed E-state index contributed by atoms with van der Waals surface area (Å²) in [7, 11) is 0. The molecule has 1 aromatic heterocycles. The second-order valence-electron chi connectivity index (χ2n) is 7.42. The van der Waals surface area contributed by atoms with Crippen molar-refractivity contribution in [1.82, 2.24) is 0 Å². The van der Waals surface area contributed by atoms with Crippen LogP contribution in [0.2, 0.25) is 0 Å². The Balaban J connectivity index is 1.91. The molecule has 3 aromatic carbocycles. The van der Waals surface area contributed by atoms with E-state index < -0.39 is 0 Å². The van der Waals surface area contributed by atoms with Crippen molar-refractivity contribution < 1.29 is 13.9 Å². The Kier molecular flexibility index (Phi) is 5.89. The zero-order chi connectivity index (χ0) is 21.8. The van der Waals surface area contributed by atoms with E-state index in [0.717, 1.165) is 39.0 Å². The van der Waals surface area contributed by atoms with Crippen molar-refractivity contribution in [1.29, 1.82) is 0 Å². The maximum atomic E-state index is 12.0. The van der Waals surface area contributed by atoms with Crippen LogP contribution in [-0.4, -0.2) is 12.6 Å². The molecule has 0 atom stereocenters. The number of carbonyl (C=O) groups excluding carboxylic acids is 1. The molecule has 0 aliphatic carbocycles. The minimum atomic E-state index is -0.378. The molecule has 156 valence electrons. The average Bonchev–Trinajstić information content (AvgIpc) is 3.15. The van der Waals surface area contributed by atoms with Crippen molar-refractivity contribution in [3.05, 3.63) is 89.5 Å². The van der Waals surface area contributed by atoms with E-state index in [9.17, 15) is 4.79 Å². The molecular formula is C27H25NO3. The van der Waals surface area contributed by atoms with Crippen LogP contribution in [-0.2, 0) is 9.53 Å². The lowest BCUT2D eigenvalue weighted by molar-refractivity contribution is -0.137. The molecule has 1 N–H and O–H groups in total. The Morgan fingerprint density at radius 3 is 2.45 bits per heavy atom. The van der Waals surface area contributed by atoms with Gasteiger partial charge in [0.1, 0.15) is 11.3 Å². The number of fused-ring (bicyclic) bond motifs is 1. The quantitative estimate of drug-likeness (QED) is 0.273. The van der Waals surface area contributed by atoms with E-state index in [4.69, 9.17) is 9.15 Å². The molecule has 0 saturated carbocycles. The van der Waals surface area contributed by atoms with Gasteiger partial charge in [0.25, 0.3) is 0 Å². The molecule has 0 bridgehead atoms. The first-order chi connectivity index (χ1) is 15.1. The second-order valence-corrected chi connectivity index (χ2v) is 7.42. The molecule has 1 heterocycles. The number of anilines is 2. The number of ether oxygens (including phenoxy) is 1. The SMILES string of the molecule is CCOC(=O)/C=C/c1c(-c2ccccc2)oc2ccc(C)c(Nc3ccc(C)cc3)c12. The fourth-order valence-electron chi connectivity index (χ4n) is 3.57. The van der Waals surface area contributed by atoms with Crippen LogP contribution in [0.1, 0.15) is 23.6 Å². The van der Waals surface area contributed by atoms with Gasteiger partial charge in [-0.15, -0.1) is 0 Å². The minimum Gasteiger partial charge on any atom is -0.463 e. The first-order valence-corrected chi connectivity index (χ1v) is 10.4. The Labute approximate surface area is 182 Å². The number of esters is 1. The van der Waals surface area contributed by atoms with Crippen molar-refractivity contribution in [3.63, 3.8) is 0 Å². The normalized spacial score (nSPS) is 11.2. The summed E-state index contributed by atoms with van der Waals surface area (Å²) in [5, 5.41) is 4.48. The van der Waals surface area contributed by atoms with Gasteiger partial charge in [-0.25, -0.2) is 4.79 Å². The highest BCUT2D eigenvalue weighted by Crippen LogP contribution is 2.41. The van der Waals surface area contributed by atoms with Crippen molar-refractivity contribution in [2.75, 3.05) is 11.9 Å². The Morgan fingerprint density at radius 2 is 1.74 bits per heavy atom. The van der Waals surface area contributed by atoms with Crippen LogP contribution in [0.5, 0.6) is 0 Å². The van der Waals surface area contributed by atoms with Gasteiger partial charge in [-0.1, -0.05) is 54.1 Å². The third-order valence-electron chi connectivity index (χ3n) is 5.13. The van der Waals surface area contributed by atoms with E-state index in [0.29, 0.717) is 12.4 Å². The highest BCUT2D eigenvalue weighted by atomic mass is 16.5. The predicted molar refractivity (Wildman–Crippen MR) is 127 cm³/mol. The van der Waals surface area contributed by atoms with Gasteiger partial charge in [0, 0.05) is 22.9 Å². The number of furan rings is 1. The van der Waals surface area contributed by atoms with E-state index >= 15 is 0 Å². The standard InChI is InChI=1S/C27H25NO3/c1-4-30-24(29)17-15-22-25-23(31-27(22)20-8-6-5-7-9-20)16-12-19(3)26(25)28-21-13-10-18(2)11-14-21/h5-17,28H,4H2,1-3H3/b17-15+. The molecule has 0 unspecified atom stereocenters. The van der Waals surface area contributed by atoms with Gasteiger partial charge in [-0.2, -0.15) is 0 Å². The maximum Gasteiger partial charge on any atom is 0.330 e. The average molecular weight is 412 g/mol. The molecular weight excluding hydrogens is 386 g/mol. The van der Waals surface area contributed by atoms with Gasteiger partial charge in [0.15, 0.2) is 0 Å². The van der Waals surface area contributed by atoms with Crippen molar-refractivity contribution in [2.45, 2.75) is 20.8 Å². The summed E-state index contributed by atoms with van der Waals surface area (Å²) in [5.41, 5.74) is 6.77. The van der Waals surface area contributed by atoms with Crippen LogP contribution < -0.4 is 5.32 Å². The molecule has 4 aromatic rings. The topological polar surface area (TPSA) is 51.5 Å². The van der Waals surface area contributed by atoms with E-state index in [1.807, 2.05) is 42.5 Å².